The lowest BCUT2D eigenvalue weighted by Gasteiger charge is -2.36. The maximum Gasteiger partial charge on any atom is 0.217 e. The van der Waals surface area contributed by atoms with E-state index in [4.69, 9.17) is 9.47 Å². The van der Waals surface area contributed by atoms with E-state index in [-0.39, 0.29) is 6.04 Å². The summed E-state index contributed by atoms with van der Waals surface area (Å²) in [6.07, 6.45) is 4.75. The van der Waals surface area contributed by atoms with Gasteiger partial charge in [0.2, 0.25) is 5.88 Å². The molecule has 3 heterocycles. The minimum atomic E-state index is 0.205. The van der Waals surface area contributed by atoms with Crippen LogP contribution in [0.3, 0.4) is 0 Å². The zero-order chi connectivity index (χ0) is 16.2. The van der Waals surface area contributed by atoms with E-state index in [0.717, 1.165) is 25.1 Å². The molecule has 0 aromatic carbocycles. The van der Waals surface area contributed by atoms with Crippen molar-refractivity contribution in [2.45, 2.75) is 25.9 Å². The summed E-state index contributed by atoms with van der Waals surface area (Å²) in [5.41, 5.74) is 3.68. The first-order valence-electron chi connectivity index (χ1n) is 8.05. The van der Waals surface area contributed by atoms with Crippen molar-refractivity contribution in [2.24, 2.45) is 7.05 Å². The average molecular weight is 316 g/mol. The molecule has 1 atom stereocenters. The molecule has 3 rings (SSSR count). The van der Waals surface area contributed by atoms with Gasteiger partial charge in [-0.15, -0.1) is 0 Å². The second-order valence-corrected chi connectivity index (χ2v) is 5.75. The number of hydrogen-bond donors (Lipinski definition) is 0. The van der Waals surface area contributed by atoms with E-state index in [2.05, 4.69) is 21.0 Å². The Morgan fingerprint density at radius 1 is 1.39 bits per heavy atom. The van der Waals surface area contributed by atoms with Crippen LogP contribution in [0.5, 0.6) is 5.88 Å². The highest BCUT2D eigenvalue weighted by molar-refractivity contribution is 5.28. The molecule has 1 aliphatic rings. The number of aryl methyl sites for hydroxylation is 1. The van der Waals surface area contributed by atoms with Gasteiger partial charge in [-0.3, -0.25) is 9.58 Å². The summed E-state index contributed by atoms with van der Waals surface area (Å²) < 4.78 is 13.1. The first-order chi connectivity index (χ1) is 11.2. The number of aromatic nitrogens is 3. The molecule has 0 amide bonds. The molecule has 6 heteroatoms. The van der Waals surface area contributed by atoms with E-state index < -0.39 is 0 Å². The van der Waals surface area contributed by atoms with Gasteiger partial charge in [-0.1, -0.05) is 6.07 Å². The minimum Gasteiger partial charge on any atom is -0.481 e. The van der Waals surface area contributed by atoms with E-state index in [1.165, 1.54) is 11.3 Å². The first kappa shape index (κ1) is 16.0. The molecule has 0 spiro atoms. The summed E-state index contributed by atoms with van der Waals surface area (Å²) in [5.74, 6) is 0.693. The van der Waals surface area contributed by atoms with Gasteiger partial charge in [0.1, 0.15) is 0 Å². The van der Waals surface area contributed by atoms with Crippen LogP contribution < -0.4 is 4.74 Å². The lowest BCUT2D eigenvalue weighted by atomic mass is 9.99. The van der Waals surface area contributed by atoms with Crippen LogP contribution in [0.15, 0.2) is 24.5 Å². The van der Waals surface area contributed by atoms with Crippen LogP contribution in [0.25, 0.3) is 0 Å². The zero-order valence-electron chi connectivity index (χ0n) is 14.0. The monoisotopic (exact) mass is 316 g/mol. The van der Waals surface area contributed by atoms with E-state index in [1.54, 1.807) is 13.3 Å². The third kappa shape index (κ3) is 3.23. The molecular weight excluding hydrogens is 292 g/mol. The van der Waals surface area contributed by atoms with E-state index in [0.29, 0.717) is 19.1 Å². The van der Waals surface area contributed by atoms with Crippen LogP contribution in [-0.2, 0) is 24.8 Å². The molecule has 0 bridgehead atoms. The Kier molecular flexibility index (Phi) is 4.93. The number of rotatable bonds is 6. The second-order valence-electron chi connectivity index (χ2n) is 5.75. The van der Waals surface area contributed by atoms with Gasteiger partial charge >= 0.3 is 0 Å². The van der Waals surface area contributed by atoms with Gasteiger partial charge in [0.05, 0.1) is 31.6 Å². The second kappa shape index (κ2) is 7.10. The lowest BCUT2D eigenvalue weighted by Crippen LogP contribution is -2.38. The summed E-state index contributed by atoms with van der Waals surface area (Å²) in [6.45, 7) is 5.19. The number of hydrogen-bond acceptors (Lipinski definition) is 5. The molecule has 1 aliphatic heterocycles. The summed E-state index contributed by atoms with van der Waals surface area (Å²) >= 11 is 0. The standard InChI is InChI=1S/C17H24N4O2/c1-4-23-12-15-16-13(10-19-20(16)2)7-9-21(15)11-14-6-5-8-18-17(14)22-3/h5-6,8,10,15H,4,7,9,11-12H2,1-3H3. The van der Waals surface area contributed by atoms with Gasteiger partial charge in [0.25, 0.3) is 0 Å². The quantitative estimate of drug-likeness (QED) is 0.815. The van der Waals surface area contributed by atoms with Crippen LogP contribution in [0.1, 0.15) is 29.8 Å². The largest absolute Gasteiger partial charge is 0.481 e. The Morgan fingerprint density at radius 3 is 3.04 bits per heavy atom. The smallest absolute Gasteiger partial charge is 0.217 e. The predicted molar refractivity (Wildman–Crippen MR) is 87.3 cm³/mol. The predicted octanol–water partition coefficient (Wildman–Crippen LogP) is 1.96. The molecule has 0 aliphatic carbocycles. The number of methoxy groups -OCH3 is 1. The molecule has 0 fully saturated rings. The maximum atomic E-state index is 5.75. The SMILES string of the molecule is CCOCC1c2c(cnn2C)CCN1Cc1cccnc1OC. The van der Waals surface area contributed by atoms with Crippen LogP contribution in [-0.4, -0.2) is 46.5 Å². The van der Waals surface area contributed by atoms with Crippen LogP contribution >= 0.6 is 0 Å². The molecule has 1 unspecified atom stereocenters. The van der Waals surface area contributed by atoms with Crippen molar-refractivity contribution in [3.63, 3.8) is 0 Å². The Bertz CT molecular complexity index is 656. The third-order valence-corrected chi connectivity index (χ3v) is 4.39. The molecule has 124 valence electrons. The van der Waals surface area contributed by atoms with Crippen LogP contribution in [0.4, 0.5) is 0 Å². The highest BCUT2D eigenvalue weighted by atomic mass is 16.5. The van der Waals surface area contributed by atoms with Gasteiger partial charge in [0.15, 0.2) is 0 Å². The Labute approximate surface area is 137 Å². The van der Waals surface area contributed by atoms with Gasteiger partial charge in [0, 0.05) is 38.5 Å². The molecule has 6 nitrogen and oxygen atoms in total. The highest BCUT2D eigenvalue weighted by Gasteiger charge is 2.31. The van der Waals surface area contributed by atoms with E-state index >= 15 is 0 Å². The summed E-state index contributed by atoms with van der Waals surface area (Å²) in [6, 6.07) is 4.23. The van der Waals surface area contributed by atoms with Gasteiger partial charge in [-0.25, -0.2) is 4.98 Å². The molecule has 0 saturated heterocycles. The molecule has 2 aromatic rings. The third-order valence-electron chi connectivity index (χ3n) is 4.39. The number of pyridine rings is 1. The fourth-order valence-electron chi connectivity index (χ4n) is 3.26. The minimum absolute atomic E-state index is 0.205. The Balaban J connectivity index is 1.87. The van der Waals surface area contributed by atoms with Crippen molar-refractivity contribution in [2.75, 3.05) is 26.9 Å². The van der Waals surface area contributed by atoms with Gasteiger partial charge in [-0.05, 0) is 25.0 Å². The fraction of sp³-hybridized carbons (Fsp3) is 0.529. The first-order valence-corrected chi connectivity index (χ1v) is 8.05. The summed E-state index contributed by atoms with van der Waals surface area (Å²) in [4.78, 5) is 6.73. The molecule has 0 N–H and O–H groups in total. The fourth-order valence-corrected chi connectivity index (χ4v) is 3.26. The highest BCUT2D eigenvalue weighted by Crippen LogP contribution is 2.32. The maximum absolute atomic E-state index is 5.75. The Hall–Kier alpha value is -1.92. The number of fused-ring (bicyclic) bond motifs is 1. The normalized spacial score (nSPS) is 18.0. The van der Waals surface area contributed by atoms with E-state index in [1.807, 2.05) is 30.9 Å². The molecule has 2 aromatic heterocycles. The molecular formula is C17H24N4O2. The van der Waals surface area contributed by atoms with Crippen molar-refractivity contribution in [3.05, 3.63) is 41.3 Å². The van der Waals surface area contributed by atoms with Crippen molar-refractivity contribution >= 4 is 0 Å². The van der Waals surface area contributed by atoms with Crippen LogP contribution in [0, 0.1) is 0 Å². The van der Waals surface area contributed by atoms with E-state index in [9.17, 15) is 0 Å². The zero-order valence-corrected chi connectivity index (χ0v) is 14.0. The topological polar surface area (TPSA) is 52.4 Å². The lowest BCUT2D eigenvalue weighted by molar-refractivity contribution is 0.0514. The molecule has 0 saturated carbocycles. The number of nitrogens with zero attached hydrogens (tertiary/aromatic N) is 4. The summed E-state index contributed by atoms with van der Waals surface area (Å²) in [5, 5.41) is 4.43. The van der Waals surface area contributed by atoms with Crippen molar-refractivity contribution < 1.29 is 9.47 Å². The molecule has 0 radical (unpaired) electrons. The van der Waals surface area contributed by atoms with Crippen molar-refractivity contribution in [1.82, 2.24) is 19.7 Å². The molecule has 23 heavy (non-hydrogen) atoms. The van der Waals surface area contributed by atoms with Crippen molar-refractivity contribution in [1.29, 1.82) is 0 Å². The summed E-state index contributed by atoms with van der Waals surface area (Å²) in [7, 11) is 3.67. The Morgan fingerprint density at radius 2 is 2.26 bits per heavy atom. The van der Waals surface area contributed by atoms with Gasteiger partial charge in [-0.2, -0.15) is 5.10 Å². The van der Waals surface area contributed by atoms with Crippen LogP contribution in [0.2, 0.25) is 0 Å². The van der Waals surface area contributed by atoms with Gasteiger partial charge < -0.3 is 9.47 Å². The van der Waals surface area contributed by atoms with Crippen molar-refractivity contribution in [3.8, 4) is 5.88 Å². The number of ether oxygens (including phenoxy) is 2. The average Bonchev–Trinajstić information content (AvgIpc) is 2.96.